The molecule has 0 saturated carbocycles. The minimum Gasteiger partial charge on any atom is -0.508 e. The molecular formula is C19H19Cl2NO6. The molecule has 0 spiro atoms. The summed E-state index contributed by atoms with van der Waals surface area (Å²) in [4.78, 5) is 23.1. The summed E-state index contributed by atoms with van der Waals surface area (Å²) in [7, 11) is 0. The van der Waals surface area contributed by atoms with Gasteiger partial charge in [-0.1, -0.05) is 37.0 Å². The second-order valence-corrected chi connectivity index (χ2v) is 7.11. The molecule has 2 rings (SSSR count). The van der Waals surface area contributed by atoms with Gasteiger partial charge in [0.2, 0.25) is 0 Å². The minimum absolute atomic E-state index is 0.00984. The van der Waals surface area contributed by atoms with E-state index in [2.05, 4.69) is 5.32 Å². The predicted molar refractivity (Wildman–Crippen MR) is 105 cm³/mol. The zero-order valence-corrected chi connectivity index (χ0v) is 16.6. The topological polar surface area (TPSA) is 116 Å². The standard InChI is InChI=1S/C19H19Cl2NO6/c1-9(2)12-7-11(3-4-16(12)24)28-17-13(20)5-10(6-14(17)21)18(25)22-15(8-23)19(26)27/h3-7,9,15,23-24H,8H2,1-2H3,(H,22,25)(H,26,27)/t15-/m1/s1. The van der Waals surface area contributed by atoms with Crippen LogP contribution in [-0.2, 0) is 4.79 Å². The molecule has 0 aliphatic rings. The number of benzene rings is 2. The van der Waals surface area contributed by atoms with Crippen LogP contribution in [0.25, 0.3) is 0 Å². The zero-order valence-electron chi connectivity index (χ0n) is 15.1. The Kier molecular flexibility index (Phi) is 7.12. The molecule has 2 aromatic carbocycles. The number of amides is 1. The molecule has 28 heavy (non-hydrogen) atoms. The summed E-state index contributed by atoms with van der Waals surface area (Å²) in [6, 6.07) is 5.80. The highest BCUT2D eigenvalue weighted by Crippen LogP contribution is 2.39. The molecule has 0 fully saturated rings. The smallest absolute Gasteiger partial charge is 0.328 e. The van der Waals surface area contributed by atoms with Gasteiger partial charge in [0, 0.05) is 11.1 Å². The third-order valence-electron chi connectivity index (χ3n) is 3.89. The Labute approximate surface area is 171 Å². The zero-order chi connectivity index (χ0) is 21.0. The quantitative estimate of drug-likeness (QED) is 0.533. The summed E-state index contributed by atoms with van der Waals surface area (Å²) in [6.07, 6.45) is 0. The normalized spacial score (nSPS) is 11.9. The third-order valence-corrected chi connectivity index (χ3v) is 4.45. The van der Waals surface area contributed by atoms with Gasteiger partial charge in [0.15, 0.2) is 11.8 Å². The number of aliphatic hydroxyl groups is 1. The van der Waals surface area contributed by atoms with Gasteiger partial charge < -0.3 is 25.4 Å². The summed E-state index contributed by atoms with van der Waals surface area (Å²) in [6.45, 7) is 3.08. The fraction of sp³-hybridized carbons (Fsp3) is 0.263. The summed E-state index contributed by atoms with van der Waals surface area (Å²) in [5.74, 6) is -1.42. The van der Waals surface area contributed by atoms with Gasteiger partial charge in [-0.05, 0) is 36.2 Å². The number of carbonyl (C=O) groups excluding carboxylic acids is 1. The average Bonchev–Trinajstić information content (AvgIpc) is 2.62. The van der Waals surface area contributed by atoms with Crippen LogP contribution < -0.4 is 10.1 Å². The largest absolute Gasteiger partial charge is 0.508 e. The number of aliphatic carboxylic acids is 1. The van der Waals surface area contributed by atoms with Gasteiger partial charge in [-0.2, -0.15) is 0 Å². The number of phenols is 1. The van der Waals surface area contributed by atoms with Crippen LogP contribution in [-0.4, -0.2) is 39.8 Å². The van der Waals surface area contributed by atoms with Crippen LogP contribution in [0.3, 0.4) is 0 Å². The Balaban J connectivity index is 2.28. The fourth-order valence-electron chi connectivity index (χ4n) is 2.39. The number of ether oxygens (including phenoxy) is 1. The summed E-state index contributed by atoms with van der Waals surface area (Å²) < 4.78 is 5.72. The number of carbonyl (C=O) groups is 2. The maximum atomic E-state index is 12.2. The fourth-order valence-corrected chi connectivity index (χ4v) is 2.96. The van der Waals surface area contributed by atoms with Gasteiger partial charge in [-0.25, -0.2) is 4.79 Å². The van der Waals surface area contributed by atoms with Crippen molar-refractivity contribution in [2.75, 3.05) is 6.61 Å². The molecule has 0 aliphatic carbocycles. The monoisotopic (exact) mass is 427 g/mol. The van der Waals surface area contributed by atoms with E-state index in [1.165, 1.54) is 18.2 Å². The number of halogens is 2. The van der Waals surface area contributed by atoms with Crippen LogP contribution in [0.15, 0.2) is 30.3 Å². The van der Waals surface area contributed by atoms with Gasteiger partial charge in [0.25, 0.3) is 5.91 Å². The van der Waals surface area contributed by atoms with Gasteiger partial charge in [0.05, 0.1) is 16.7 Å². The molecule has 2 aromatic rings. The van der Waals surface area contributed by atoms with Crippen molar-refractivity contribution < 1.29 is 29.6 Å². The van der Waals surface area contributed by atoms with Crippen molar-refractivity contribution in [2.24, 2.45) is 0 Å². The predicted octanol–water partition coefficient (Wildman–Crippen LogP) is 3.79. The number of hydrogen-bond donors (Lipinski definition) is 4. The maximum absolute atomic E-state index is 12.2. The summed E-state index contributed by atoms with van der Waals surface area (Å²) >= 11 is 12.4. The van der Waals surface area contributed by atoms with E-state index in [0.717, 1.165) is 0 Å². The lowest BCUT2D eigenvalue weighted by Crippen LogP contribution is -2.43. The second kappa shape index (κ2) is 9.14. The molecular weight excluding hydrogens is 409 g/mol. The van der Waals surface area contributed by atoms with Crippen molar-refractivity contribution in [1.82, 2.24) is 5.32 Å². The molecule has 7 nitrogen and oxygen atoms in total. The number of rotatable bonds is 7. The Bertz CT molecular complexity index is 877. The molecule has 0 aliphatic heterocycles. The van der Waals surface area contributed by atoms with Crippen LogP contribution >= 0.6 is 23.2 Å². The van der Waals surface area contributed by atoms with Crippen molar-refractivity contribution in [2.45, 2.75) is 25.8 Å². The van der Waals surface area contributed by atoms with Crippen LogP contribution in [0.5, 0.6) is 17.2 Å². The number of nitrogens with one attached hydrogen (secondary N) is 1. The number of aliphatic hydroxyl groups excluding tert-OH is 1. The van der Waals surface area contributed by atoms with E-state index in [-0.39, 0.29) is 33.0 Å². The SMILES string of the molecule is CC(C)c1cc(Oc2c(Cl)cc(C(=O)N[C@H](CO)C(=O)O)cc2Cl)ccc1O. The molecule has 1 atom stereocenters. The Morgan fingerprint density at radius 2 is 1.75 bits per heavy atom. The minimum atomic E-state index is -1.45. The first-order chi connectivity index (χ1) is 13.1. The van der Waals surface area contributed by atoms with Gasteiger partial charge in [-0.15, -0.1) is 0 Å². The number of phenolic OH excluding ortho intramolecular Hbond substituents is 1. The molecule has 4 N–H and O–H groups in total. The van der Waals surface area contributed by atoms with E-state index >= 15 is 0 Å². The maximum Gasteiger partial charge on any atom is 0.328 e. The Morgan fingerprint density at radius 1 is 1.14 bits per heavy atom. The molecule has 0 unspecified atom stereocenters. The van der Waals surface area contributed by atoms with Crippen LogP contribution in [0.4, 0.5) is 0 Å². The van der Waals surface area contributed by atoms with Crippen molar-refractivity contribution in [3.05, 3.63) is 51.5 Å². The number of aromatic hydroxyl groups is 1. The molecule has 0 saturated heterocycles. The van der Waals surface area contributed by atoms with Gasteiger partial charge >= 0.3 is 5.97 Å². The lowest BCUT2D eigenvalue weighted by atomic mass is 10.0. The molecule has 0 bridgehead atoms. The van der Waals surface area contributed by atoms with E-state index in [1.807, 2.05) is 13.8 Å². The highest BCUT2D eigenvalue weighted by molar-refractivity contribution is 6.37. The lowest BCUT2D eigenvalue weighted by Gasteiger charge is -2.15. The van der Waals surface area contributed by atoms with E-state index in [1.54, 1.807) is 12.1 Å². The number of carboxylic acids is 1. The molecule has 1 amide bonds. The van der Waals surface area contributed by atoms with Gasteiger partial charge in [-0.3, -0.25) is 4.79 Å². The molecule has 0 aromatic heterocycles. The first-order valence-electron chi connectivity index (χ1n) is 8.28. The Hall–Kier alpha value is -2.48. The van der Waals surface area contributed by atoms with E-state index in [0.29, 0.717) is 11.3 Å². The first-order valence-corrected chi connectivity index (χ1v) is 9.04. The summed E-state index contributed by atoms with van der Waals surface area (Å²) in [5.41, 5.74) is 0.695. The molecule has 0 radical (unpaired) electrons. The third kappa shape index (κ3) is 5.07. The number of carboxylic acid groups (broad SMARTS) is 1. The summed E-state index contributed by atoms with van der Waals surface area (Å²) in [5, 5.41) is 30.0. The van der Waals surface area contributed by atoms with Gasteiger partial charge in [0.1, 0.15) is 11.5 Å². The van der Waals surface area contributed by atoms with E-state index < -0.39 is 24.5 Å². The van der Waals surface area contributed by atoms with Crippen LogP contribution in [0.1, 0.15) is 35.7 Å². The first kappa shape index (κ1) is 21.8. The van der Waals surface area contributed by atoms with Crippen molar-refractivity contribution in [1.29, 1.82) is 0 Å². The van der Waals surface area contributed by atoms with Crippen LogP contribution in [0.2, 0.25) is 10.0 Å². The van der Waals surface area contributed by atoms with Crippen molar-refractivity contribution in [3.8, 4) is 17.2 Å². The molecule has 9 heteroatoms. The number of hydrogen-bond acceptors (Lipinski definition) is 5. The highest BCUT2D eigenvalue weighted by Gasteiger charge is 2.21. The Morgan fingerprint density at radius 3 is 2.25 bits per heavy atom. The van der Waals surface area contributed by atoms with Crippen LogP contribution in [0, 0.1) is 0 Å². The van der Waals surface area contributed by atoms with E-state index in [9.17, 15) is 14.7 Å². The highest BCUT2D eigenvalue weighted by atomic mass is 35.5. The second-order valence-electron chi connectivity index (χ2n) is 6.29. The molecule has 0 heterocycles. The molecule has 150 valence electrons. The van der Waals surface area contributed by atoms with Crippen molar-refractivity contribution in [3.63, 3.8) is 0 Å². The van der Waals surface area contributed by atoms with E-state index in [4.69, 9.17) is 38.2 Å². The lowest BCUT2D eigenvalue weighted by molar-refractivity contribution is -0.140. The average molecular weight is 428 g/mol. The van der Waals surface area contributed by atoms with Crippen molar-refractivity contribution >= 4 is 35.1 Å².